The van der Waals surface area contributed by atoms with Gasteiger partial charge in [0.2, 0.25) is 0 Å². The van der Waals surface area contributed by atoms with Gasteiger partial charge in [-0.3, -0.25) is 0 Å². The summed E-state index contributed by atoms with van der Waals surface area (Å²) in [4.78, 5) is 6.68. The minimum atomic E-state index is 0.312. The molecule has 3 heteroatoms. The molecule has 1 atom stereocenters. The summed E-state index contributed by atoms with van der Waals surface area (Å²) in [5, 5.41) is 0. The maximum absolute atomic E-state index is 5.92. The monoisotopic (exact) mass is 191 g/mol. The largest absolute Gasteiger partial charge is 0.355 e. The van der Waals surface area contributed by atoms with Crippen LogP contribution in [0.15, 0.2) is 18.3 Å². The maximum Gasteiger partial charge on any atom is 0.128 e. The first kappa shape index (κ1) is 9.46. The number of hydrogen-bond acceptors (Lipinski definition) is 3. The zero-order valence-electron chi connectivity index (χ0n) is 8.61. The lowest BCUT2D eigenvalue weighted by Gasteiger charge is -2.31. The predicted molar refractivity (Wildman–Crippen MR) is 58.4 cm³/mol. The van der Waals surface area contributed by atoms with E-state index in [1.807, 2.05) is 6.20 Å². The standard InChI is InChI=1S/C11H17N3/c1-9-4-5-11(13-7-9)14-6-2-3-10(12)8-14/h4-5,7,10H,2-3,6,8,12H2,1H3/t10-/m0/s1. The highest BCUT2D eigenvalue weighted by molar-refractivity contribution is 5.39. The number of nitrogens with zero attached hydrogens (tertiary/aromatic N) is 2. The van der Waals surface area contributed by atoms with Gasteiger partial charge in [0.25, 0.3) is 0 Å². The molecule has 0 spiro atoms. The number of nitrogens with two attached hydrogens (primary N) is 1. The molecule has 3 nitrogen and oxygen atoms in total. The molecule has 1 aliphatic heterocycles. The fraction of sp³-hybridized carbons (Fsp3) is 0.545. The second-order valence-electron chi connectivity index (χ2n) is 4.04. The molecular weight excluding hydrogens is 174 g/mol. The van der Waals surface area contributed by atoms with Gasteiger partial charge in [-0.2, -0.15) is 0 Å². The van der Waals surface area contributed by atoms with Crippen molar-refractivity contribution in [2.75, 3.05) is 18.0 Å². The number of anilines is 1. The van der Waals surface area contributed by atoms with Crippen LogP contribution < -0.4 is 10.6 Å². The topological polar surface area (TPSA) is 42.1 Å². The highest BCUT2D eigenvalue weighted by atomic mass is 15.2. The third-order valence-corrected chi connectivity index (χ3v) is 2.68. The molecule has 0 radical (unpaired) electrons. The first-order valence-electron chi connectivity index (χ1n) is 5.19. The average Bonchev–Trinajstić information content (AvgIpc) is 2.19. The Morgan fingerprint density at radius 1 is 1.50 bits per heavy atom. The Bertz CT molecular complexity index is 294. The zero-order valence-corrected chi connectivity index (χ0v) is 8.61. The van der Waals surface area contributed by atoms with E-state index in [0.29, 0.717) is 6.04 Å². The van der Waals surface area contributed by atoms with E-state index in [0.717, 1.165) is 25.3 Å². The molecule has 0 bridgehead atoms. The van der Waals surface area contributed by atoms with Crippen LogP contribution in [0.4, 0.5) is 5.82 Å². The molecule has 1 aromatic heterocycles. The second kappa shape index (κ2) is 3.96. The van der Waals surface area contributed by atoms with E-state index in [9.17, 15) is 0 Å². The lowest BCUT2D eigenvalue weighted by molar-refractivity contribution is 0.503. The molecule has 2 rings (SSSR count). The van der Waals surface area contributed by atoms with Gasteiger partial charge in [-0.05, 0) is 31.4 Å². The molecule has 0 saturated carbocycles. The van der Waals surface area contributed by atoms with Crippen LogP contribution in [0.2, 0.25) is 0 Å². The van der Waals surface area contributed by atoms with Crippen molar-refractivity contribution < 1.29 is 0 Å². The molecule has 2 heterocycles. The van der Waals surface area contributed by atoms with Crippen LogP contribution in [0.5, 0.6) is 0 Å². The highest BCUT2D eigenvalue weighted by Crippen LogP contribution is 2.16. The van der Waals surface area contributed by atoms with Gasteiger partial charge >= 0.3 is 0 Å². The van der Waals surface area contributed by atoms with Crippen molar-refractivity contribution in [2.45, 2.75) is 25.8 Å². The number of aryl methyl sites for hydroxylation is 1. The summed E-state index contributed by atoms with van der Waals surface area (Å²) in [6, 6.07) is 4.49. The summed E-state index contributed by atoms with van der Waals surface area (Å²) < 4.78 is 0. The van der Waals surface area contributed by atoms with Crippen molar-refractivity contribution >= 4 is 5.82 Å². The third kappa shape index (κ3) is 2.04. The third-order valence-electron chi connectivity index (χ3n) is 2.68. The summed E-state index contributed by atoms with van der Waals surface area (Å²) in [5.41, 5.74) is 7.13. The Balaban J connectivity index is 2.10. The molecule has 1 saturated heterocycles. The molecule has 0 aliphatic carbocycles. The van der Waals surface area contributed by atoms with Crippen molar-refractivity contribution in [2.24, 2.45) is 5.73 Å². The van der Waals surface area contributed by atoms with Crippen molar-refractivity contribution in [1.29, 1.82) is 0 Å². The number of rotatable bonds is 1. The molecule has 0 unspecified atom stereocenters. The first-order valence-corrected chi connectivity index (χ1v) is 5.19. The lowest BCUT2D eigenvalue weighted by atomic mass is 10.1. The van der Waals surface area contributed by atoms with Crippen LogP contribution in [0, 0.1) is 6.92 Å². The fourth-order valence-electron chi connectivity index (χ4n) is 1.87. The molecule has 76 valence electrons. The Kier molecular flexibility index (Phi) is 2.68. The van der Waals surface area contributed by atoms with Crippen LogP contribution in [-0.4, -0.2) is 24.1 Å². The maximum atomic E-state index is 5.92. The van der Waals surface area contributed by atoms with Crippen LogP contribution in [0.25, 0.3) is 0 Å². The van der Waals surface area contributed by atoms with Crippen molar-refractivity contribution in [1.82, 2.24) is 4.98 Å². The van der Waals surface area contributed by atoms with Gasteiger partial charge in [0.1, 0.15) is 5.82 Å². The Morgan fingerprint density at radius 3 is 3.00 bits per heavy atom. The number of piperidine rings is 1. The lowest BCUT2D eigenvalue weighted by Crippen LogP contribution is -2.43. The molecular formula is C11H17N3. The van der Waals surface area contributed by atoms with Gasteiger partial charge in [-0.15, -0.1) is 0 Å². The van der Waals surface area contributed by atoms with E-state index in [4.69, 9.17) is 5.73 Å². The molecule has 2 N–H and O–H groups in total. The van der Waals surface area contributed by atoms with Gasteiger partial charge in [0.15, 0.2) is 0 Å². The summed E-state index contributed by atoms with van der Waals surface area (Å²) in [6.07, 6.45) is 4.23. The predicted octanol–water partition coefficient (Wildman–Crippen LogP) is 1.32. The van der Waals surface area contributed by atoms with Crippen molar-refractivity contribution in [3.63, 3.8) is 0 Å². The van der Waals surface area contributed by atoms with Gasteiger partial charge < -0.3 is 10.6 Å². The van der Waals surface area contributed by atoms with Crippen molar-refractivity contribution in [3.8, 4) is 0 Å². The normalized spacial score (nSPS) is 22.4. The van der Waals surface area contributed by atoms with E-state index < -0.39 is 0 Å². The summed E-state index contributed by atoms with van der Waals surface area (Å²) in [6.45, 7) is 4.08. The SMILES string of the molecule is Cc1ccc(N2CCC[C@H](N)C2)nc1. The molecule has 1 aliphatic rings. The molecule has 0 amide bonds. The van der Waals surface area contributed by atoms with E-state index in [-0.39, 0.29) is 0 Å². The van der Waals surface area contributed by atoms with Gasteiger partial charge in [0, 0.05) is 25.3 Å². The first-order chi connectivity index (χ1) is 6.75. The van der Waals surface area contributed by atoms with Gasteiger partial charge in [-0.1, -0.05) is 6.07 Å². The van der Waals surface area contributed by atoms with E-state index >= 15 is 0 Å². The number of pyridine rings is 1. The highest BCUT2D eigenvalue weighted by Gasteiger charge is 2.17. The second-order valence-corrected chi connectivity index (χ2v) is 4.04. The van der Waals surface area contributed by atoms with Crippen LogP contribution in [0.1, 0.15) is 18.4 Å². The van der Waals surface area contributed by atoms with Gasteiger partial charge in [-0.25, -0.2) is 4.98 Å². The Labute approximate surface area is 84.9 Å². The van der Waals surface area contributed by atoms with Crippen LogP contribution in [-0.2, 0) is 0 Å². The summed E-state index contributed by atoms with van der Waals surface area (Å²) in [5.74, 6) is 1.06. The average molecular weight is 191 g/mol. The van der Waals surface area contributed by atoms with Crippen LogP contribution in [0.3, 0.4) is 0 Å². The van der Waals surface area contributed by atoms with Crippen molar-refractivity contribution in [3.05, 3.63) is 23.9 Å². The minimum Gasteiger partial charge on any atom is -0.355 e. The minimum absolute atomic E-state index is 0.312. The molecule has 1 fully saturated rings. The Hall–Kier alpha value is -1.09. The zero-order chi connectivity index (χ0) is 9.97. The number of aromatic nitrogens is 1. The van der Waals surface area contributed by atoms with Gasteiger partial charge in [0.05, 0.1) is 0 Å². The summed E-state index contributed by atoms with van der Waals surface area (Å²) in [7, 11) is 0. The summed E-state index contributed by atoms with van der Waals surface area (Å²) >= 11 is 0. The number of hydrogen-bond donors (Lipinski definition) is 1. The van der Waals surface area contributed by atoms with E-state index in [1.54, 1.807) is 0 Å². The van der Waals surface area contributed by atoms with Crippen LogP contribution >= 0.6 is 0 Å². The smallest absolute Gasteiger partial charge is 0.128 e. The van der Waals surface area contributed by atoms with E-state index in [1.165, 1.54) is 12.0 Å². The van der Waals surface area contributed by atoms with E-state index in [2.05, 4.69) is 28.9 Å². The molecule has 0 aromatic carbocycles. The quantitative estimate of drug-likeness (QED) is 0.728. The Morgan fingerprint density at radius 2 is 2.36 bits per heavy atom. The molecule has 1 aromatic rings. The molecule has 14 heavy (non-hydrogen) atoms. The fourth-order valence-corrected chi connectivity index (χ4v) is 1.87.